The lowest BCUT2D eigenvalue weighted by atomic mass is 10.4. The van der Waals surface area contributed by atoms with E-state index in [9.17, 15) is 0 Å². The minimum Gasteiger partial charge on any atom is -0.471 e. The molecule has 1 heterocycles. The number of ether oxygens (including phenoxy) is 2. The van der Waals surface area contributed by atoms with Gasteiger partial charge in [-0.15, -0.1) is 16.7 Å². The zero-order valence-electron chi connectivity index (χ0n) is 8.94. The smallest absolute Gasteiger partial charge is 0.233 e. The van der Waals surface area contributed by atoms with Gasteiger partial charge in [0, 0.05) is 12.7 Å². The summed E-state index contributed by atoms with van der Waals surface area (Å²) >= 11 is 5.59. The zero-order valence-corrected chi connectivity index (χ0v) is 9.70. The topological polar surface area (TPSA) is 44.2 Å². The standard InChI is InChI=1S/C10H15ClN2O2/c1-3-14-7-8(2)15-10-5-4-9(6-11)12-13-10/h4-5,8H,3,6-7H2,1-2H3. The molecular formula is C10H15ClN2O2. The quantitative estimate of drug-likeness (QED) is 0.702. The fourth-order valence-corrected chi connectivity index (χ4v) is 1.15. The third kappa shape index (κ3) is 4.44. The maximum absolute atomic E-state index is 5.59. The Kier molecular flexibility index (Phi) is 5.36. The Balaban J connectivity index is 2.42. The third-order valence-electron chi connectivity index (χ3n) is 1.71. The van der Waals surface area contributed by atoms with Crippen LogP contribution in [-0.4, -0.2) is 29.5 Å². The van der Waals surface area contributed by atoms with Gasteiger partial charge in [0.15, 0.2) is 0 Å². The second kappa shape index (κ2) is 6.58. The second-order valence-corrected chi connectivity index (χ2v) is 3.35. The van der Waals surface area contributed by atoms with Crippen LogP contribution in [-0.2, 0) is 10.6 Å². The molecule has 0 aliphatic carbocycles. The predicted molar refractivity (Wildman–Crippen MR) is 58.2 cm³/mol. The first kappa shape index (κ1) is 12.2. The lowest BCUT2D eigenvalue weighted by Crippen LogP contribution is -2.19. The fraction of sp³-hybridized carbons (Fsp3) is 0.600. The summed E-state index contributed by atoms with van der Waals surface area (Å²) in [5, 5.41) is 7.77. The molecule has 0 amide bonds. The van der Waals surface area contributed by atoms with Crippen LogP contribution < -0.4 is 4.74 Å². The van der Waals surface area contributed by atoms with E-state index < -0.39 is 0 Å². The predicted octanol–water partition coefficient (Wildman–Crippen LogP) is 2.02. The van der Waals surface area contributed by atoms with Gasteiger partial charge in [0.25, 0.3) is 0 Å². The van der Waals surface area contributed by atoms with Crippen LogP contribution in [0.2, 0.25) is 0 Å². The summed E-state index contributed by atoms with van der Waals surface area (Å²) < 4.78 is 10.7. The molecule has 0 saturated heterocycles. The molecule has 4 nitrogen and oxygen atoms in total. The van der Waals surface area contributed by atoms with Crippen molar-refractivity contribution in [3.05, 3.63) is 17.8 Å². The van der Waals surface area contributed by atoms with Gasteiger partial charge in [0.2, 0.25) is 5.88 Å². The summed E-state index contributed by atoms with van der Waals surface area (Å²) in [6, 6.07) is 3.55. The van der Waals surface area contributed by atoms with Crippen LogP contribution in [0.15, 0.2) is 12.1 Å². The van der Waals surface area contributed by atoms with E-state index in [4.69, 9.17) is 21.1 Å². The zero-order chi connectivity index (χ0) is 11.1. The monoisotopic (exact) mass is 230 g/mol. The molecule has 1 aromatic rings. The van der Waals surface area contributed by atoms with Gasteiger partial charge in [0.1, 0.15) is 6.10 Å². The summed E-state index contributed by atoms with van der Waals surface area (Å²) in [6.45, 7) is 5.11. The van der Waals surface area contributed by atoms with E-state index >= 15 is 0 Å². The molecule has 0 saturated carbocycles. The molecule has 0 radical (unpaired) electrons. The van der Waals surface area contributed by atoms with Crippen LogP contribution in [0.5, 0.6) is 5.88 Å². The first-order chi connectivity index (χ1) is 7.26. The molecule has 0 aliphatic heterocycles. The summed E-state index contributed by atoms with van der Waals surface area (Å²) in [6.07, 6.45) is -0.0268. The number of alkyl halides is 1. The van der Waals surface area contributed by atoms with Gasteiger partial charge >= 0.3 is 0 Å². The third-order valence-corrected chi connectivity index (χ3v) is 1.98. The Morgan fingerprint density at radius 3 is 2.73 bits per heavy atom. The molecule has 5 heteroatoms. The normalized spacial score (nSPS) is 12.5. The second-order valence-electron chi connectivity index (χ2n) is 3.08. The van der Waals surface area contributed by atoms with Crippen molar-refractivity contribution < 1.29 is 9.47 Å². The van der Waals surface area contributed by atoms with Crippen molar-refractivity contribution in [2.24, 2.45) is 0 Å². The van der Waals surface area contributed by atoms with E-state index in [1.807, 2.05) is 13.8 Å². The number of hydrogen-bond acceptors (Lipinski definition) is 4. The highest BCUT2D eigenvalue weighted by atomic mass is 35.5. The van der Waals surface area contributed by atoms with E-state index in [1.54, 1.807) is 12.1 Å². The van der Waals surface area contributed by atoms with Crippen molar-refractivity contribution >= 4 is 11.6 Å². The van der Waals surface area contributed by atoms with Gasteiger partial charge in [-0.25, -0.2) is 0 Å². The van der Waals surface area contributed by atoms with E-state index in [0.29, 0.717) is 25.0 Å². The van der Waals surface area contributed by atoms with Crippen LogP contribution in [0.4, 0.5) is 0 Å². The summed E-state index contributed by atoms with van der Waals surface area (Å²) in [4.78, 5) is 0. The largest absolute Gasteiger partial charge is 0.471 e. The van der Waals surface area contributed by atoms with Crippen molar-refractivity contribution in [3.63, 3.8) is 0 Å². The van der Waals surface area contributed by atoms with Crippen molar-refractivity contribution in [2.75, 3.05) is 13.2 Å². The van der Waals surface area contributed by atoms with E-state index in [0.717, 1.165) is 5.69 Å². The molecule has 1 aromatic heterocycles. The van der Waals surface area contributed by atoms with Crippen molar-refractivity contribution in [3.8, 4) is 5.88 Å². The highest BCUT2D eigenvalue weighted by Crippen LogP contribution is 2.08. The Bertz CT molecular complexity index is 279. The summed E-state index contributed by atoms with van der Waals surface area (Å²) in [5.74, 6) is 0.859. The summed E-state index contributed by atoms with van der Waals surface area (Å²) in [5.41, 5.74) is 0.737. The molecule has 1 unspecified atom stereocenters. The maximum atomic E-state index is 5.59. The van der Waals surface area contributed by atoms with Crippen LogP contribution in [0.25, 0.3) is 0 Å². The van der Waals surface area contributed by atoms with Gasteiger partial charge < -0.3 is 9.47 Å². The highest BCUT2D eigenvalue weighted by Gasteiger charge is 2.05. The lowest BCUT2D eigenvalue weighted by molar-refractivity contribution is 0.0628. The van der Waals surface area contributed by atoms with Crippen LogP contribution in [0.1, 0.15) is 19.5 Å². The maximum Gasteiger partial charge on any atom is 0.233 e. The van der Waals surface area contributed by atoms with Crippen LogP contribution in [0, 0.1) is 0 Å². The molecule has 1 atom stereocenters. The number of halogens is 1. The molecule has 1 rings (SSSR count). The van der Waals surface area contributed by atoms with E-state index in [1.165, 1.54) is 0 Å². The van der Waals surface area contributed by atoms with E-state index in [2.05, 4.69) is 10.2 Å². The van der Waals surface area contributed by atoms with E-state index in [-0.39, 0.29) is 6.10 Å². The number of hydrogen-bond donors (Lipinski definition) is 0. The molecule has 84 valence electrons. The lowest BCUT2D eigenvalue weighted by Gasteiger charge is -2.12. The van der Waals surface area contributed by atoms with Gasteiger partial charge in [-0.2, -0.15) is 5.10 Å². The number of rotatable bonds is 6. The van der Waals surface area contributed by atoms with Crippen LogP contribution in [0.3, 0.4) is 0 Å². The average Bonchev–Trinajstić information content (AvgIpc) is 2.27. The van der Waals surface area contributed by atoms with Gasteiger partial charge in [0.05, 0.1) is 18.2 Å². The highest BCUT2D eigenvalue weighted by molar-refractivity contribution is 6.16. The molecule has 15 heavy (non-hydrogen) atoms. The molecular weight excluding hydrogens is 216 g/mol. The SMILES string of the molecule is CCOCC(C)Oc1ccc(CCl)nn1. The van der Waals surface area contributed by atoms with Crippen LogP contribution >= 0.6 is 11.6 Å². The molecule has 0 N–H and O–H groups in total. The van der Waals surface area contributed by atoms with Gasteiger partial charge in [-0.05, 0) is 19.9 Å². The Labute approximate surface area is 94.6 Å². The van der Waals surface area contributed by atoms with Crippen molar-refractivity contribution in [1.82, 2.24) is 10.2 Å². The Morgan fingerprint density at radius 2 is 2.20 bits per heavy atom. The first-order valence-corrected chi connectivity index (χ1v) is 5.42. The molecule has 0 aromatic carbocycles. The Hall–Kier alpha value is -0.870. The molecule has 0 aliphatic rings. The molecule has 0 fully saturated rings. The summed E-state index contributed by atoms with van der Waals surface area (Å²) in [7, 11) is 0. The van der Waals surface area contributed by atoms with Crippen molar-refractivity contribution in [2.45, 2.75) is 25.8 Å². The molecule has 0 bridgehead atoms. The number of aromatic nitrogens is 2. The Morgan fingerprint density at radius 1 is 1.40 bits per heavy atom. The molecule has 0 spiro atoms. The number of nitrogens with zero attached hydrogens (tertiary/aromatic N) is 2. The minimum atomic E-state index is -0.0268. The fourth-order valence-electron chi connectivity index (χ4n) is 1.01. The van der Waals surface area contributed by atoms with Crippen molar-refractivity contribution in [1.29, 1.82) is 0 Å². The van der Waals surface area contributed by atoms with Gasteiger partial charge in [-0.1, -0.05) is 0 Å². The average molecular weight is 231 g/mol. The van der Waals surface area contributed by atoms with Gasteiger partial charge in [-0.3, -0.25) is 0 Å². The first-order valence-electron chi connectivity index (χ1n) is 4.89. The minimum absolute atomic E-state index is 0.0268.